The van der Waals surface area contributed by atoms with E-state index in [9.17, 15) is 4.79 Å². The van der Waals surface area contributed by atoms with Crippen molar-refractivity contribution in [2.24, 2.45) is 0 Å². The first-order valence-electron chi connectivity index (χ1n) is 3.38. The third kappa shape index (κ3) is 1.80. The molecule has 0 saturated carbocycles. The average molecular weight is 153 g/mol. The number of ketones is 1. The molecule has 2 N–H and O–H groups in total. The van der Waals surface area contributed by atoms with E-state index in [1.54, 1.807) is 10.9 Å². The molecule has 0 spiro atoms. The van der Waals surface area contributed by atoms with Gasteiger partial charge in [0.05, 0.1) is 17.9 Å². The van der Waals surface area contributed by atoms with Gasteiger partial charge in [0.25, 0.3) is 0 Å². The van der Waals surface area contributed by atoms with Crippen molar-refractivity contribution < 1.29 is 4.79 Å². The second-order valence-corrected chi connectivity index (χ2v) is 2.57. The van der Waals surface area contributed by atoms with Crippen LogP contribution in [0.15, 0.2) is 6.20 Å². The first kappa shape index (κ1) is 7.78. The minimum Gasteiger partial charge on any atom is -0.396 e. The summed E-state index contributed by atoms with van der Waals surface area (Å²) in [6.07, 6.45) is 1.66. The van der Waals surface area contributed by atoms with Crippen LogP contribution in [0.5, 0.6) is 0 Å². The Kier molecular flexibility index (Phi) is 1.94. The molecule has 1 heterocycles. The Bertz CT molecular complexity index is 258. The molecule has 0 amide bonds. The van der Waals surface area contributed by atoms with Gasteiger partial charge in [0.2, 0.25) is 0 Å². The van der Waals surface area contributed by atoms with E-state index in [0.717, 1.165) is 5.69 Å². The number of rotatable bonds is 2. The van der Waals surface area contributed by atoms with Crippen molar-refractivity contribution in [3.8, 4) is 0 Å². The Balaban J connectivity index is 2.81. The molecule has 60 valence electrons. The lowest BCUT2D eigenvalue weighted by molar-refractivity contribution is -0.117. The molecule has 1 aromatic rings. The molecule has 4 heteroatoms. The van der Waals surface area contributed by atoms with E-state index in [1.165, 1.54) is 6.92 Å². The number of nitrogens with two attached hydrogens (primary N) is 1. The molecule has 0 radical (unpaired) electrons. The van der Waals surface area contributed by atoms with Crippen LogP contribution in [0, 0.1) is 6.92 Å². The van der Waals surface area contributed by atoms with Crippen molar-refractivity contribution in [1.82, 2.24) is 9.78 Å². The molecular formula is C7H11N3O. The Labute approximate surface area is 65.0 Å². The Morgan fingerprint density at radius 2 is 2.45 bits per heavy atom. The number of anilines is 1. The highest BCUT2D eigenvalue weighted by molar-refractivity contribution is 5.75. The number of Topliss-reactive ketones (excluding diaryl/α,β-unsaturated/α-hetero) is 1. The third-order valence-electron chi connectivity index (χ3n) is 1.37. The highest BCUT2D eigenvalue weighted by Crippen LogP contribution is 2.05. The van der Waals surface area contributed by atoms with E-state index in [4.69, 9.17) is 5.73 Å². The smallest absolute Gasteiger partial charge is 0.151 e. The molecule has 1 aromatic heterocycles. The topological polar surface area (TPSA) is 60.9 Å². The fraction of sp³-hybridized carbons (Fsp3) is 0.429. The van der Waals surface area contributed by atoms with Gasteiger partial charge in [-0.3, -0.25) is 9.48 Å². The van der Waals surface area contributed by atoms with Gasteiger partial charge in [-0.05, 0) is 13.8 Å². The first-order valence-corrected chi connectivity index (χ1v) is 3.38. The zero-order chi connectivity index (χ0) is 8.43. The lowest BCUT2D eigenvalue weighted by atomic mass is 10.4. The second-order valence-electron chi connectivity index (χ2n) is 2.57. The third-order valence-corrected chi connectivity index (χ3v) is 1.37. The molecule has 0 saturated heterocycles. The van der Waals surface area contributed by atoms with Gasteiger partial charge in [-0.25, -0.2) is 0 Å². The van der Waals surface area contributed by atoms with E-state index < -0.39 is 0 Å². The van der Waals surface area contributed by atoms with Crippen LogP contribution in [-0.2, 0) is 11.3 Å². The van der Waals surface area contributed by atoms with Crippen LogP contribution in [0.4, 0.5) is 5.69 Å². The van der Waals surface area contributed by atoms with Gasteiger partial charge in [0, 0.05) is 6.20 Å². The van der Waals surface area contributed by atoms with Crippen LogP contribution in [0.1, 0.15) is 12.6 Å². The van der Waals surface area contributed by atoms with Crippen molar-refractivity contribution >= 4 is 11.5 Å². The standard InChI is InChI=1S/C7H11N3O/c1-5(11)3-10-4-7(8)6(2)9-10/h4H,3,8H2,1-2H3. The number of aryl methyl sites for hydroxylation is 1. The maximum atomic E-state index is 10.6. The minimum absolute atomic E-state index is 0.0764. The molecular weight excluding hydrogens is 142 g/mol. The molecule has 0 aliphatic rings. The monoisotopic (exact) mass is 153 g/mol. The number of carbonyl (C=O) groups is 1. The zero-order valence-electron chi connectivity index (χ0n) is 6.66. The summed E-state index contributed by atoms with van der Waals surface area (Å²) >= 11 is 0. The molecule has 0 aromatic carbocycles. The van der Waals surface area contributed by atoms with E-state index >= 15 is 0 Å². The van der Waals surface area contributed by atoms with E-state index in [-0.39, 0.29) is 5.78 Å². The molecule has 0 bridgehead atoms. The quantitative estimate of drug-likeness (QED) is 0.667. The van der Waals surface area contributed by atoms with Gasteiger partial charge in [0.1, 0.15) is 0 Å². The number of hydrogen-bond donors (Lipinski definition) is 1. The molecule has 0 aliphatic heterocycles. The van der Waals surface area contributed by atoms with Crippen LogP contribution >= 0.6 is 0 Å². The maximum absolute atomic E-state index is 10.6. The van der Waals surface area contributed by atoms with E-state index in [1.807, 2.05) is 6.92 Å². The van der Waals surface area contributed by atoms with Crippen molar-refractivity contribution in [2.75, 3.05) is 5.73 Å². The number of nitrogens with zero attached hydrogens (tertiary/aromatic N) is 2. The molecule has 0 fully saturated rings. The normalized spacial score (nSPS) is 10.0. The predicted molar refractivity (Wildman–Crippen MR) is 42.1 cm³/mol. The minimum atomic E-state index is 0.0764. The van der Waals surface area contributed by atoms with E-state index in [2.05, 4.69) is 5.10 Å². The molecule has 0 unspecified atom stereocenters. The second kappa shape index (κ2) is 2.74. The summed E-state index contributed by atoms with van der Waals surface area (Å²) in [6.45, 7) is 3.64. The molecule has 0 aliphatic carbocycles. The summed E-state index contributed by atoms with van der Waals surface area (Å²) in [6, 6.07) is 0. The summed E-state index contributed by atoms with van der Waals surface area (Å²) in [5.74, 6) is 0.0764. The molecule has 1 rings (SSSR count). The lowest BCUT2D eigenvalue weighted by Crippen LogP contribution is -2.06. The lowest BCUT2D eigenvalue weighted by Gasteiger charge is -1.93. The van der Waals surface area contributed by atoms with Gasteiger partial charge >= 0.3 is 0 Å². The average Bonchev–Trinajstić information content (AvgIpc) is 2.10. The number of hydrogen-bond acceptors (Lipinski definition) is 3. The Hall–Kier alpha value is -1.32. The van der Waals surface area contributed by atoms with Gasteiger partial charge < -0.3 is 5.73 Å². The van der Waals surface area contributed by atoms with Crippen molar-refractivity contribution in [1.29, 1.82) is 0 Å². The van der Waals surface area contributed by atoms with Crippen molar-refractivity contribution in [3.63, 3.8) is 0 Å². The Morgan fingerprint density at radius 1 is 1.82 bits per heavy atom. The summed E-state index contributed by atoms with van der Waals surface area (Å²) in [7, 11) is 0. The zero-order valence-corrected chi connectivity index (χ0v) is 6.66. The summed E-state index contributed by atoms with van der Waals surface area (Å²) in [5, 5.41) is 4.02. The van der Waals surface area contributed by atoms with Crippen molar-refractivity contribution in [2.45, 2.75) is 20.4 Å². The van der Waals surface area contributed by atoms with Crippen LogP contribution in [0.25, 0.3) is 0 Å². The highest BCUT2D eigenvalue weighted by atomic mass is 16.1. The number of aromatic nitrogens is 2. The fourth-order valence-corrected chi connectivity index (χ4v) is 0.842. The fourth-order valence-electron chi connectivity index (χ4n) is 0.842. The Morgan fingerprint density at radius 3 is 2.82 bits per heavy atom. The first-order chi connectivity index (χ1) is 5.09. The summed E-state index contributed by atoms with van der Waals surface area (Å²) in [5.41, 5.74) is 6.92. The van der Waals surface area contributed by atoms with Gasteiger partial charge in [-0.1, -0.05) is 0 Å². The van der Waals surface area contributed by atoms with Crippen molar-refractivity contribution in [3.05, 3.63) is 11.9 Å². The highest BCUT2D eigenvalue weighted by Gasteiger charge is 2.01. The number of carbonyl (C=O) groups excluding carboxylic acids is 1. The predicted octanol–water partition coefficient (Wildman–Crippen LogP) is 0.363. The van der Waals surface area contributed by atoms with Gasteiger partial charge in [-0.15, -0.1) is 0 Å². The van der Waals surface area contributed by atoms with Gasteiger partial charge in [0.15, 0.2) is 5.78 Å². The van der Waals surface area contributed by atoms with E-state index in [0.29, 0.717) is 12.2 Å². The molecule has 4 nitrogen and oxygen atoms in total. The van der Waals surface area contributed by atoms with Crippen LogP contribution in [0.3, 0.4) is 0 Å². The SMILES string of the molecule is CC(=O)Cn1cc(N)c(C)n1. The van der Waals surface area contributed by atoms with Crippen LogP contribution in [0.2, 0.25) is 0 Å². The molecule has 0 atom stereocenters. The number of nitrogen functional groups attached to an aromatic ring is 1. The van der Waals surface area contributed by atoms with Gasteiger partial charge in [-0.2, -0.15) is 5.10 Å². The maximum Gasteiger partial charge on any atom is 0.151 e. The largest absolute Gasteiger partial charge is 0.396 e. The van der Waals surface area contributed by atoms with Crippen LogP contribution in [-0.4, -0.2) is 15.6 Å². The summed E-state index contributed by atoms with van der Waals surface area (Å²) in [4.78, 5) is 10.6. The molecule has 11 heavy (non-hydrogen) atoms. The summed E-state index contributed by atoms with van der Waals surface area (Å²) < 4.78 is 1.55. The van der Waals surface area contributed by atoms with Crippen LogP contribution < -0.4 is 5.73 Å².